The fourth-order valence-corrected chi connectivity index (χ4v) is 2.91. The van der Waals surface area contributed by atoms with Gasteiger partial charge in [-0.3, -0.25) is 4.79 Å². The van der Waals surface area contributed by atoms with E-state index in [1.54, 1.807) is 48.5 Å². The maximum atomic E-state index is 13.1. The topological polar surface area (TPSA) is 17.1 Å². The molecule has 0 N–H and O–H groups in total. The van der Waals surface area contributed by atoms with Gasteiger partial charge < -0.3 is 0 Å². The van der Waals surface area contributed by atoms with E-state index < -0.39 is 17.7 Å². The first-order valence-electron chi connectivity index (χ1n) is 7.88. The van der Waals surface area contributed by atoms with Crippen molar-refractivity contribution in [3.63, 3.8) is 0 Å². The summed E-state index contributed by atoms with van der Waals surface area (Å²) >= 11 is 5.87. The molecule has 132 valence electrons. The smallest absolute Gasteiger partial charge is 0.293 e. The zero-order chi connectivity index (χ0) is 18.7. The van der Waals surface area contributed by atoms with Crippen LogP contribution in [0, 0.1) is 0 Å². The maximum absolute atomic E-state index is 13.1. The Morgan fingerprint density at radius 2 is 1.31 bits per heavy atom. The van der Waals surface area contributed by atoms with E-state index in [1.165, 1.54) is 12.1 Å². The Morgan fingerprint density at radius 1 is 0.769 bits per heavy atom. The van der Waals surface area contributed by atoms with Gasteiger partial charge in [-0.2, -0.15) is 13.2 Å². The van der Waals surface area contributed by atoms with Crippen LogP contribution in [-0.4, -0.2) is 5.78 Å². The van der Waals surface area contributed by atoms with E-state index in [-0.39, 0.29) is 5.78 Å². The molecule has 1 nitrogen and oxygen atoms in total. The molecule has 0 saturated carbocycles. The highest BCUT2D eigenvalue weighted by molar-refractivity contribution is 6.30. The van der Waals surface area contributed by atoms with Crippen LogP contribution in [0.2, 0.25) is 5.02 Å². The molecule has 5 heteroatoms. The quantitative estimate of drug-likeness (QED) is 0.485. The molecule has 0 heterocycles. The second-order valence-electron chi connectivity index (χ2n) is 5.83. The number of Topliss-reactive ketones (excluding diaryl/α,β-unsaturated/α-hetero) is 1. The summed E-state index contributed by atoms with van der Waals surface area (Å²) in [6.07, 6.45) is -4.42. The molecular weight excluding hydrogens is 361 g/mol. The highest BCUT2D eigenvalue weighted by atomic mass is 35.5. The molecule has 3 aromatic rings. The van der Waals surface area contributed by atoms with Gasteiger partial charge in [0.2, 0.25) is 0 Å². The lowest BCUT2D eigenvalue weighted by Gasteiger charge is -2.18. The van der Waals surface area contributed by atoms with Crippen LogP contribution in [0.15, 0.2) is 78.9 Å². The van der Waals surface area contributed by atoms with Crippen LogP contribution in [0.5, 0.6) is 0 Å². The standard InChI is InChI=1S/C21H14ClF3O/c22-18-12-8-16(9-13-18)20(26)19(14-4-2-1-3-5-14)15-6-10-17(11-7-15)21(23,24)25/h1-13,19H. The van der Waals surface area contributed by atoms with Crippen molar-refractivity contribution >= 4 is 17.4 Å². The Kier molecular flexibility index (Phi) is 5.14. The molecule has 3 aromatic carbocycles. The molecular formula is C21H14ClF3O. The zero-order valence-corrected chi connectivity index (χ0v) is 14.3. The third kappa shape index (κ3) is 3.97. The summed E-state index contributed by atoms with van der Waals surface area (Å²) < 4.78 is 38.5. The van der Waals surface area contributed by atoms with Gasteiger partial charge in [0.1, 0.15) is 0 Å². The lowest BCUT2D eigenvalue weighted by molar-refractivity contribution is -0.137. The van der Waals surface area contributed by atoms with Gasteiger partial charge in [-0.1, -0.05) is 54.1 Å². The van der Waals surface area contributed by atoms with Crippen LogP contribution in [0.4, 0.5) is 13.2 Å². The Labute approximate surface area is 154 Å². The molecule has 0 saturated heterocycles. The molecule has 0 fully saturated rings. The van der Waals surface area contributed by atoms with Gasteiger partial charge in [-0.25, -0.2) is 0 Å². The highest BCUT2D eigenvalue weighted by Gasteiger charge is 2.31. The summed E-state index contributed by atoms with van der Waals surface area (Å²) in [5.41, 5.74) is 0.923. The minimum Gasteiger partial charge on any atom is -0.293 e. The minimum atomic E-state index is -4.42. The van der Waals surface area contributed by atoms with Gasteiger partial charge in [0.05, 0.1) is 11.5 Å². The van der Waals surface area contributed by atoms with Gasteiger partial charge >= 0.3 is 6.18 Å². The monoisotopic (exact) mass is 374 g/mol. The average molecular weight is 375 g/mol. The Hall–Kier alpha value is -2.59. The third-order valence-corrected chi connectivity index (χ3v) is 4.35. The van der Waals surface area contributed by atoms with Gasteiger partial charge in [0.25, 0.3) is 0 Å². The van der Waals surface area contributed by atoms with Crippen LogP contribution in [0.3, 0.4) is 0 Å². The fraction of sp³-hybridized carbons (Fsp3) is 0.0952. The zero-order valence-electron chi connectivity index (χ0n) is 13.5. The first-order chi connectivity index (χ1) is 12.4. The summed E-state index contributed by atoms with van der Waals surface area (Å²) in [4.78, 5) is 13.1. The Balaban J connectivity index is 2.04. The second kappa shape index (κ2) is 7.34. The lowest BCUT2D eigenvalue weighted by atomic mass is 9.84. The molecule has 0 aliphatic rings. The molecule has 0 aliphatic heterocycles. The molecule has 0 aliphatic carbocycles. The second-order valence-corrected chi connectivity index (χ2v) is 6.27. The van der Waals surface area contributed by atoms with Crippen molar-refractivity contribution < 1.29 is 18.0 Å². The number of rotatable bonds is 4. The third-order valence-electron chi connectivity index (χ3n) is 4.10. The van der Waals surface area contributed by atoms with Crippen LogP contribution in [-0.2, 0) is 6.18 Å². The van der Waals surface area contributed by atoms with Crippen molar-refractivity contribution in [2.75, 3.05) is 0 Å². The molecule has 0 aromatic heterocycles. The van der Waals surface area contributed by atoms with Crippen molar-refractivity contribution in [2.24, 2.45) is 0 Å². The van der Waals surface area contributed by atoms with Gasteiger partial charge in [-0.05, 0) is 47.5 Å². The lowest BCUT2D eigenvalue weighted by Crippen LogP contribution is -2.15. The van der Waals surface area contributed by atoms with Crippen molar-refractivity contribution in [1.29, 1.82) is 0 Å². The van der Waals surface area contributed by atoms with E-state index in [9.17, 15) is 18.0 Å². The van der Waals surface area contributed by atoms with Gasteiger partial charge in [0, 0.05) is 10.6 Å². The molecule has 1 unspecified atom stereocenters. The first-order valence-corrected chi connectivity index (χ1v) is 8.26. The number of hydrogen-bond donors (Lipinski definition) is 0. The molecule has 3 rings (SSSR count). The van der Waals surface area contributed by atoms with Crippen LogP contribution < -0.4 is 0 Å². The maximum Gasteiger partial charge on any atom is 0.416 e. The minimum absolute atomic E-state index is 0.201. The SMILES string of the molecule is O=C(c1ccc(Cl)cc1)C(c1ccccc1)c1ccc(C(F)(F)F)cc1. The predicted octanol–water partition coefficient (Wildman–Crippen LogP) is 6.37. The molecule has 1 atom stereocenters. The van der Waals surface area contributed by atoms with E-state index in [0.717, 1.165) is 12.1 Å². The largest absolute Gasteiger partial charge is 0.416 e. The Morgan fingerprint density at radius 3 is 1.85 bits per heavy atom. The normalized spacial score (nSPS) is 12.6. The van der Waals surface area contributed by atoms with E-state index in [2.05, 4.69) is 0 Å². The van der Waals surface area contributed by atoms with E-state index >= 15 is 0 Å². The molecule has 26 heavy (non-hydrogen) atoms. The number of alkyl halides is 3. The number of carbonyl (C=O) groups is 1. The molecule has 0 radical (unpaired) electrons. The van der Waals surface area contributed by atoms with Crippen molar-refractivity contribution in [3.8, 4) is 0 Å². The molecule has 0 spiro atoms. The van der Waals surface area contributed by atoms with Gasteiger partial charge in [0.15, 0.2) is 5.78 Å². The van der Waals surface area contributed by atoms with E-state index in [4.69, 9.17) is 11.6 Å². The number of benzene rings is 3. The molecule has 0 bridgehead atoms. The highest BCUT2D eigenvalue weighted by Crippen LogP contribution is 2.33. The summed E-state index contributed by atoms with van der Waals surface area (Å²) in [6.45, 7) is 0. The Bertz CT molecular complexity index is 885. The van der Waals surface area contributed by atoms with E-state index in [0.29, 0.717) is 21.7 Å². The fourth-order valence-electron chi connectivity index (χ4n) is 2.79. The number of carbonyl (C=O) groups excluding carboxylic acids is 1. The summed E-state index contributed by atoms with van der Waals surface area (Å²) in [5, 5.41) is 0.507. The summed E-state index contributed by atoms with van der Waals surface area (Å²) in [7, 11) is 0. The summed E-state index contributed by atoms with van der Waals surface area (Å²) in [5.74, 6) is -0.896. The van der Waals surface area contributed by atoms with Crippen molar-refractivity contribution in [1.82, 2.24) is 0 Å². The van der Waals surface area contributed by atoms with Crippen LogP contribution in [0.1, 0.15) is 33.0 Å². The van der Waals surface area contributed by atoms with E-state index in [1.807, 2.05) is 6.07 Å². The summed E-state index contributed by atoms with van der Waals surface area (Å²) in [6, 6.07) is 20.2. The number of ketones is 1. The number of hydrogen-bond acceptors (Lipinski definition) is 1. The number of halogens is 4. The average Bonchev–Trinajstić information content (AvgIpc) is 2.63. The molecule has 0 amide bonds. The van der Waals surface area contributed by atoms with Crippen LogP contribution in [0.25, 0.3) is 0 Å². The van der Waals surface area contributed by atoms with Crippen LogP contribution >= 0.6 is 11.6 Å². The van der Waals surface area contributed by atoms with Crippen molar-refractivity contribution in [3.05, 3.63) is 106 Å². The predicted molar refractivity (Wildman–Crippen MR) is 95.5 cm³/mol. The first kappa shape index (κ1) is 18.2. The van der Waals surface area contributed by atoms with Crippen molar-refractivity contribution in [2.45, 2.75) is 12.1 Å². The van der Waals surface area contributed by atoms with Gasteiger partial charge in [-0.15, -0.1) is 0 Å².